The average Bonchev–Trinajstić information content (AvgIpc) is 2.42. The third kappa shape index (κ3) is 3.66. The van der Waals surface area contributed by atoms with E-state index < -0.39 is 10.0 Å². The first kappa shape index (κ1) is 16.1. The molecule has 0 aliphatic heterocycles. The van der Waals surface area contributed by atoms with Crippen LogP contribution in [0.25, 0.3) is 0 Å². The zero-order valence-corrected chi connectivity index (χ0v) is 14.4. The number of rotatable bonds is 4. The summed E-state index contributed by atoms with van der Waals surface area (Å²) < 4.78 is 32.8. The van der Waals surface area contributed by atoms with E-state index in [-0.39, 0.29) is 9.92 Å². The van der Waals surface area contributed by atoms with Crippen LogP contribution in [0.5, 0.6) is 5.75 Å². The summed E-state index contributed by atoms with van der Waals surface area (Å²) in [4.78, 5) is 4.19. The number of sulfonamides is 1. The lowest BCUT2D eigenvalue weighted by molar-refractivity contribution is 0.414. The summed E-state index contributed by atoms with van der Waals surface area (Å²) >= 11 is 9.18. The molecule has 112 valence electrons. The van der Waals surface area contributed by atoms with Crippen LogP contribution in [0.4, 0.5) is 5.69 Å². The van der Waals surface area contributed by atoms with Gasteiger partial charge in [0.15, 0.2) is 0 Å². The standard InChI is InChI=1S/C13H12BrClN2O3S/c1-8-11(4-6-13(14)16-8)17-21(18,19)9-3-5-12(20-2)10(15)7-9/h3-7,17H,1-2H3. The van der Waals surface area contributed by atoms with Gasteiger partial charge in [0, 0.05) is 0 Å². The van der Waals surface area contributed by atoms with Crippen molar-refractivity contribution in [1.82, 2.24) is 4.98 Å². The number of benzene rings is 1. The van der Waals surface area contributed by atoms with Gasteiger partial charge in [0.1, 0.15) is 10.4 Å². The van der Waals surface area contributed by atoms with Crippen LogP contribution in [-0.4, -0.2) is 20.5 Å². The SMILES string of the molecule is COc1ccc(S(=O)(=O)Nc2ccc(Br)nc2C)cc1Cl. The van der Waals surface area contributed by atoms with E-state index in [4.69, 9.17) is 16.3 Å². The normalized spacial score (nSPS) is 11.2. The number of ether oxygens (including phenoxy) is 1. The van der Waals surface area contributed by atoms with Crippen LogP contribution in [0.3, 0.4) is 0 Å². The van der Waals surface area contributed by atoms with Crippen LogP contribution in [0.1, 0.15) is 5.69 Å². The van der Waals surface area contributed by atoms with Gasteiger partial charge in [-0.2, -0.15) is 0 Å². The molecule has 1 heterocycles. The smallest absolute Gasteiger partial charge is 0.262 e. The van der Waals surface area contributed by atoms with Crippen molar-refractivity contribution in [3.63, 3.8) is 0 Å². The monoisotopic (exact) mass is 390 g/mol. The van der Waals surface area contributed by atoms with Gasteiger partial charge in [-0.1, -0.05) is 11.6 Å². The van der Waals surface area contributed by atoms with Gasteiger partial charge in [0.2, 0.25) is 0 Å². The molecule has 0 radical (unpaired) electrons. The highest BCUT2D eigenvalue weighted by molar-refractivity contribution is 9.10. The summed E-state index contributed by atoms with van der Waals surface area (Å²) in [5, 5.41) is 0.228. The summed E-state index contributed by atoms with van der Waals surface area (Å²) in [5.74, 6) is 0.414. The van der Waals surface area contributed by atoms with Crippen molar-refractivity contribution in [2.75, 3.05) is 11.8 Å². The number of halogens is 2. The molecule has 0 amide bonds. The van der Waals surface area contributed by atoms with Gasteiger partial charge in [-0.05, 0) is 53.2 Å². The van der Waals surface area contributed by atoms with E-state index in [9.17, 15) is 8.42 Å². The molecule has 1 N–H and O–H groups in total. The number of pyridine rings is 1. The molecule has 0 bridgehead atoms. The number of aromatic nitrogens is 1. The largest absolute Gasteiger partial charge is 0.495 e. The number of methoxy groups -OCH3 is 1. The molecule has 0 unspecified atom stereocenters. The maximum Gasteiger partial charge on any atom is 0.262 e. The molecule has 8 heteroatoms. The number of anilines is 1. The average molecular weight is 392 g/mol. The van der Waals surface area contributed by atoms with Gasteiger partial charge in [-0.3, -0.25) is 4.72 Å². The summed E-state index contributed by atoms with van der Waals surface area (Å²) in [6, 6.07) is 7.56. The third-order valence-corrected chi connectivity index (χ3v) is 4.83. The van der Waals surface area contributed by atoms with Gasteiger partial charge < -0.3 is 4.74 Å². The van der Waals surface area contributed by atoms with Crippen molar-refractivity contribution in [2.45, 2.75) is 11.8 Å². The topological polar surface area (TPSA) is 68.3 Å². The minimum atomic E-state index is -3.74. The lowest BCUT2D eigenvalue weighted by Crippen LogP contribution is -2.14. The fraction of sp³-hybridized carbons (Fsp3) is 0.154. The Morgan fingerprint density at radius 1 is 1.29 bits per heavy atom. The first-order valence-corrected chi connectivity index (χ1v) is 8.48. The Hall–Kier alpha value is -1.31. The van der Waals surface area contributed by atoms with E-state index in [0.717, 1.165) is 0 Å². The predicted octanol–water partition coefficient (Wildman–Crippen LogP) is 3.62. The lowest BCUT2D eigenvalue weighted by atomic mass is 10.3. The summed E-state index contributed by atoms with van der Waals surface area (Å²) in [5.41, 5.74) is 0.970. The molecular weight excluding hydrogens is 380 g/mol. The zero-order chi connectivity index (χ0) is 15.6. The second-order valence-electron chi connectivity index (χ2n) is 4.17. The lowest BCUT2D eigenvalue weighted by Gasteiger charge is -2.11. The number of nitrogens with one attached hydrogen (secondary N) is 1. The number of nitrogens with zero attached hydrogens (tertiary/aromatic N) is 1. The van der Waals surface area contributed by atoms with Gasteiger partial charge in [-0.15, -0.1) is 0 Å². The highest BCUT2D eigenvalue weighted by Gasteiger charge is 2.17. The number of hydrogen-bond acceptors (Lipinski definition) is 4. The van der Waals surface area contributed by atoms with E-state index in [1.165, 1.54) is 25.3 Å². The van der Waals surface area contributed by atoms with Crippen LogP contribution in [0.2, 0.25) is 5.02 Å². The second kappa shape index (κ2) is 6.21. The Labute approximate surface area is 136 Å². The summed E-state index contributed by atoms with van der Waals surface area (Å²) in [7, 11) is -2.28. The van der Waals surface area contributed by atoms with E-state index in [2.05, 4.69) is 25.6 Å². The Morgan fingerprint density at radius 3 is 2.57 bits per heavy atom. The molecule has 0 fully saturated rings. The molecule has 2 rings (SSSR count). The molecule has 1 aromatic carbocycles. The minimum absolute atomic E-state index is 0.0515. The Balaban J connectivity index is 2.36. The van der Waals surface area contributed by atoms with E-state index >= 15 is 0 Å². The fourth-order valence-corrected chi connectivity index (χ4v) is 3.52. The van der Waals surface area contributed by atoms with Crippen molar-refractivity contribution < 1.29 is 13.2 Å². The molecule has 21 heavy (non-hydrogen) atoms. The number of aryl methyl sites for hydroxylation is 1. The molecule has 0 aliphatic carbocycles. The summed E-state index contributed by atoms with van der Waals surface area (Å²) in [6.07, 6.45) is 0. The van der Waals surface area contributed by atoms with Gasteiger partial charge in [0.25, 0.3) is 10.0 Å². The van der Waals surface area contributed by atoms with Crippen LogP contribution >= 0.6 is 27.5 Å². The highest BCUT2D eigenvalue weighted by Crippen LogP contribution is 2.28. The van der Waals surface area contributed by atoms with Crippen LogP contribution in [0.15, 0.2) is 39.8 Å². The molecule has 0 saturated carbocycles. The van der Waals surface area contributed by atoms with E-state index in [1.807, 2.05) is 0 Å². The summed E-state index contributed by atoms with van der Waals surface area (Å²) in [6.45, 7) is 1.71. The highest BCUT2D eigenvalue weighted by atomic mass is 79.9. The Bertz CT molecular complexity index is 781. The third-order valence-electron chi connectivity index (χ3n) is 2.73. The maximum atomic E-state index is 12.3. The predicted molar refractivity (Wildman–Crippen MR) is 85.5 cm³/mol. The zero-order valence-electron chi connectivity index (χ0n) is 11.2. The van der Waals surface area contributed by atoms with Crippen LogP contribution in [-0.2, 0) is 10.0 Å². The van der Waals surface area contributed by atoms with Crippen molar-refractivity contribution >= 4 is 43.2 Å². The van der Waals surface area contributed by atoms with Crippen molar-refractivity contribution in [1.29, 1.82) is 0 Å². The van der Waals surface area contributed by atoms with Gasteiger partial charge >= 0.3 is 0 Å². The molecule has 2 aromatic rings. The van der Waals surface area contributed by atoms with Gasteiger partial charge in [-0.25, -0.2) is 13.4 Å². The molecule has 0 aliphatic rings. The van der Waals surface area contributed by atoms with E-state index in [0.29, 0.717) is 21.7 Å². The minimum Gasteiger partial charge on any atom is -0.495 e. The second-order valence-corrected chi connectivity index (χ2v) is 7.07. The molecule has 0 atom stereocenters. The molecule has 5 nitrogen and oxygen atoms in total. The van der Waals surface area contributed by atoms with Crippen LogP contribution in [0, 0.1) is 6.92 Å². The number of hydrogen-bond donors (Lipinski definition) is 1. The molecular formula is C13H12BrClN2O3S. The maximum absolute atomic E-state index is 12.3. The Morgan fingerprint density at radius 2 is 2.00 bits per heavy atom. The first-order valence-electron chi connectivity index (χ1n) is 5.83. The van der Waals surface area contributed by atoms with E-state index in [1.54, 1.807) is 19.1 Å². The first-order chi connectivity index (χ1) is 9.83. The molecule has 0 spiro atoms. The van der Waals surface area contributed by atoms with Crippen LogP contribution < -0.4 is 9.46 Å². The quantitative estimate of drug-likeness (QED) is 0.808. The Kier molecular flexibility index (Phi) is 4.75. The van der Waals surface area contributed by atoms with Crippen molar-refractivity contribution in [2.24, 2.45) is 0 Å². The fourth-order valence-electron chi connectivity index (χ4n) is 1.66. The van der Waals surface area contributed by atoms with Gasteiger partial charge in [0.05, 0.1) is 28.4 Å². The van der Waals surface area contributed by atoms with Crippen molar-refractivity contribution in [3.8, 4) is 5.75 Å². The molecule has 0 saturated heterocycles. The van der Waals surface area contributed by atoms with Crippen molar-refractivity contribution in [3.05, 3.63) is 45.7 Å². The molecule has 1 aromatic heterocycles.